The van der Waals surface area contributed by atoms with Crippen molar-refractivity contribution in [2.45, 2.75) is 19.4 Å². The first kappa shape index (κ1) is 11.9. The quantitative estimate of drug-likeness (QED) is 0.300. The van der Waals surface area contributed by atoms with E-state index in [1.54, 1.807) is 6.08 Å². The molecule has 0 aromatic carbocycles. The lowest BCUT2D eigenvalue weighted by Crippen LogP contribution is -2.11. The molecule has 1 saturated heterocycles. The molecule has 1 unspecified atom stereocenters. The summed E-state index contributed by atoms with van der Waals surface area (Å²) in [6.07, 6.45) is 2.48. The second kappa shape index (κ2) is 5.68. The Morgan fingerprint density at radius 1 is 1.73 bits per heavy atom. The highest BCUT2D eigenvalue weighted by atomic mass is 16.6. The molecule has 1 fully saturated rings. The van der Waals surface area contributed by atoms with E-state index in [4.69, 9.17) is 14.6 Å². The van der Waals surface area contributed by atoms with Crippen LogP contribution >= 0.6 is 0 Å². The molecule has 0 saturated carbocycles. The fraction of sp³-hybridized carbons (Fsp3) is 0.545. The van der Waals surface area contributed by atoms with Crippen LogP contribution in [-0.4, -0.2) is 37.0 Å². The fourth-order valence-corrected chi connectivity index (χ4v) is 1.26. The Bertz CT molecular complexity index is 276. The Hall–Kier alpha value is -1.13. The lowest BCUT2D eigenvalue weighted by atomic mass is 10.1. The Morgan fingerprint density at radius 2 is 2.40 bits per heavy atom. The zero-order chi connectivity index (χ0) is 11.3. The molecule has 1 aliphatic rings. The van der Waals surface area contributed by atoms with Gasteiger partial charge in [0.25, 0.3) is 0 Å². The van der Waals surface area contributed by atoms with Crippen molar-refractivity contribution in [2.24, 2.45) is 0 Å². The van der Waals surface area contributed by atoms with E-state index in [0.717, 1.165) is 12.2 Å². The summed E-state index contributed by atoms with van der Waals surface area (Å²) in [5, 5.41) is 8.97. The van der Waals surface area contributed by atoms with Crippen LogP contribution in [0.3, 0.4) is 0 Å². The Balaban J connectivity index is 2.52. The Labute approximate surface area is 89.2 Å². The van der Waals surface area contributed by atoms with Crippen LogP contribution in [0.15, 0.2) is 23.8 Å². The van der Waals surface area contributed by atoms with Gasteiger partial charge in [-0.1, -0.05) is 11.6 Å². The van der Waals surface area contributed by atoms with Crippen LogP contribution in [0.2, 0.25) is 0 Å². The summed E-state index contributed by atoms with van der Waals surface area (Å²) in [4.78, 5) is 10.9. The van der Waals surface area contributed by atoms with Gasteiger partial charge in [-0.15, -0.1) is 6.58 Å². The number of rotatable bonds is 7. The van der Waals surface area contributed by atoms with Crippen molar-refractivity contribution in [3.05, 3.63) is 23.8 Å². The number of epoxide rings is 1. The van der Waals surface area contributed by atoms with Gasteiger partial charge in [0.1, 0.15) is 0 Å². The molecule has 1 atom stereocenters. The molecular formula is C11H16O4. The standard InChI is InChI=1S/C11H16O4/c1-3-4-14-7-10(11(12)13)8(2)5-9-6-15-9/h3,9H,1,4-7H2,2H3,(H,12,13). The van der Waals surface area contributed by atoms with Gasteiger partial charge in [-0.3, -0.25) is 0 Å². The molecule has 1 N–H and O–H groups in total. The molecule has 1 rings (SSSR count). The van der Waals surface area contributed by atoms with Gasteiger partial charge in [-0.2, -0.15) is 0 Å². The molecule has 0 bridgehead atoms. The number of aliphatic carboxylic acids is 1. The number of carboxylic acids is 1. The average Bonchev–Trinajstić information content (AvgIpc) is 2.95. The summed E-state index contributed by atoms with van der Waals surface area (Å²) in [6.45, 7) is 6.53. The lowest BCUT2D eigenvalue weighted by molar-refractivity contribution is -0.133. The van der Waals surface area contributed by atoms with Crippen molar-refractivity contribution in [1.29, 1.82) is 0 Å². The largest absolute Gasteiger partial charge is 0.478 e. The number of carbonyl (C=O) groups is 1. The average molecular weight is 212 g/mol. The maximum absolute atomic E-state index is 10.9. The van der Waals surface area contributed by atoms with Crippen molar-refractivity contribution < 1.29 is 19.4 Å². The molecule has 0 aliphatic carbocycles. The highest BCUT2D eigenvalue weighted by Gasteiger charge is 2.24. The summed E-state index contributed by atoms with van der Waals surface area (Å²) in [5.41, 5.74) is 1.15. The minimum absolute atomic E-state index is 0.125. The number of ether oxygens (including phenoxy) is 2. The van der Waals surface area contributed by atoms with Crippen molar-refractivity contribution >= 4 is 5.97 Å². The van der Waals surface area contributed by atoms with Crippen LogP contribution in [-0.2, 0) is 14.3 Å². The van der Waals surface area contributed by atoms with E-state index >= 15 is 0 Å². The van der Waals surface area contributed by atoms with E-state index in [1.165, 1.54) is 0 Å². The molecule has 0 amide bonds. The number of hydrogen-bond donors (Lipinski definition) is 1. The van der Waals surface area contributed by atoms with Crippen molar-refractivity contribution in [3.8, 4) is 0 Å². The third kappa shape index (κ3) is 4.27. The molecule has 0 aromatic rings. The van der Waals surface area contributed by atoms with Gasteiger partial charge in [-0.25, -0.2) is 4.79 Å². The monoisotopic (exact) mass is 212 g/mol. The molecule has 15 heavy (non-hydrogen) atoms. The summed E-state index contributed by atoms with van der Waals surface area (Å²) in [7, 11) is 0. The smallest absolute Gasteiger partial charge is 0.333 e. The lowest BCUT2D eigenvalue weighted by Gasteiger charge is -2.07. The highest BCUT2D eigenvalue weighted by molar-refractivity contribution is 5.87. The van der Waals surface area contributed by atoms with Crippen molar-refractivity contribution in [1.82, 2.24) is 0 Å². The molecule has 4 heteroatoms. The molecule has 0 aromatic heterocycles. The minimum Gasteiger partial charge on any atom is -0.478 e. The van der Waals surface area contributed by atoms with E-state index in [2.05, 4.69) is 6.58 Å². The maximum Gasteiger partial charge on any atom is 0.333 e. The summed E-state index contributed by atoms with van der Waals surface area (Å²) >= 11 is 0. The minimum atomic E-state index is -0.919. The third-order valence-corrected chi connectivity index (χ3v) is 2.19. The second-order valence-corrected chi connectivity index (χ2v) is 3.53. The van der Waals surface area contributed by atoms with E-state index in [-0.39, 0.29) is 12.7 Å². The van der Waals surface area contributed by atoms with Crippen molar-refractivity contribution in [2.75, 3.05) is 19.8 Å². The molecule has 0 spiro atoms. The first-order valence-corrected chi connectivity index (χ1v) is 4.87. The predicted octanol–water partition coefficient (Wildman–Crippen LogP) is 1.38. The predicted molar refractivity (Wildman–Crippen MR) is 55.7 cm³/mol. The van der Waals surface area contributed by atoms with E-state index < -0.39 is 5.97 Å². The normalized spacial score (nSPS) is 20.7. The zero-order valence-corrected chi connectivity index (χ0v) is 8.86. The van der Waals surface area contributed by atoms with Crippen LogP contribution in [0, 0.1) is 0 Å². The van der Waals surface area contributed by atoms with Gasteiger partial charge in [0.2, 0.25) is 0 Å². The van der Waals surface area contributed by atoms with Gasteiger partial charge in [0.15, 0.2) is 0 Å². The van der Waals surface area contributed by atoms with Gasteiger partial charge < -0.3 is 14.6 Å². The number of carboxylic acid groups (broad SMARTS) is 1. The van der Waals surface area contributed by atoms with Crippen LogP contribution < -0.4 is 0 Å². The molecule has 84 valence electrons. The zero-order valence-electron chi connectivity index (χ0n) is 8.86. The molecule has 4 nitrogen and oxygen atoms in total. The summed E-state index contributed by atoms with van der Waals surface area (Å²) in [6, 6.07) is 0. The second-order valence-electron chi connectivity index (χ2n) is 3.53. The molecule has 1 aliphatic heterocycles. The highest BCUT2D eigenvalue weighted by Crippen LogP contribution is 2.21. The summed E-state index contributed by atoms with van der Waals surface area (Å²) < 4.78 is 10.2. The number of hydrogen-bond acceptors (Lipinski definition) is 3. The third-order valence-electron chi connectivity index (χ3n) is 2.19. The van der Waals surface area contributed by atoms with Crippen LogP contribution in [0.4, 0.5) is 0 Å². The van der Waals surface area contributed by atoms with E-state index in [1.807, 2.05) is 6.92 Å². The first-order valence-electron chi connectivity index (χ1n) is 4.87. The topological polar surface area (TPSA) is 59.1 Å². The summed E-state index contributed by atoms with van der Waals surface area (Å²) in [5.74, 6) is -0.919. The Morgan fingerprint density at radius 3 is 2.87 bits per heavy atom. The SMILES string of the molecule is C=CCOCC(C(=O)O)=C(C)CC1CO1. The van der Waals surface area contributed by atoms with Crippen LogP contribution in [0.25, 0.3) is 0 Å². The van der Waals surface area contributed by atoms with Gasteiger partial charge in [0, 0.05) is 0 Å². The molecule has 0 radical (unpaired) electrons. The van der Waals surface area contributed by atoms with Crippen molar-refractivity contribution in [3.63, 3.8) is 0 Å². The van der Waals surface area contributed by atoms with Gasteiger partial charge in [0.05, 0.1) is 31.5 Å². The van der Waals surface area contributed by atoms with Gasteiger partial charge >= 0.3 is 5.97 Å². The van der Waals surface area contributed by atoms with Gasteiger partial charge in [-0.05, 0) is 13.3 Å². The maximum atomic E-state index is 10.9. The first-order chi connectivity index (χ1) is 7.15. The fourth-order valence-electron chi connectivity index (χ4n) is 1.26. The van der Waals surface area contributed by atoms with Crippen LogP contribution in [0.1, 0.15) is 13.3 Å². The molecular weight excluding hydrogens is 196 g/mol. The molecule has 1 heterocycles. The Kier molecular flexibility index (Phi) is 4.52. The van der Waals surface area contributed by atoms with Crippen LogP contribution in [0.5, 0.6) is 0 Å². The van der Waals surface area contributed by atoms with E-state index in [0.29, 0.717) is 18.6 Å². The van der Waals surface area contributed by atoms with E-state index in [9.17, 15) is 4.79 Å².